The molecule has 0 saturated carbocycles. The lowest BCUT2D eigenvalue weighted by molar-refractivity contribution is 0.280. The van der Waals surface area contributed by atoms with Gasteiger partial charge in [-0.3, -0.25) is 0 Å². The van der Waals surface area contributed by atoms with E-state index in [2.05, 4.69) is 43.2 Å². The van der Waals surface area contributed by atoms with Crippen LogP contribution in [0, 0.1) is 12.8 Å². The highest BCUT2D eigenvalue weighted by Crippen LogP contribution is 2.29. The van der Waals surface area contributed by atoms with Crippen LogP contribution < -0.4 is 5.32 Å². The van der Waals surface area contributed by atoms with Crippen LogP contribution in [-0.2, 0) is 0 Å². The quantitative estimate of drug-likeness (QED) is 0.841. The van der Waals surface area contributed by atoms with Crippen molar-refractivity contribution >= 4 is 0 Å². The van der Waals surface area contributed by atoms with Gasteiger partial charge in [-0.1, -0.05) is 25.9 Å². The number of rotatable bonds is 7. The lowest BCUT2D eigenvalue weighted by atomic mass is 9.89. The molecule has 5 nitrogen and oxygen atoms in total. The Morgan fingerprint density at radius 1 is 1.29 bits per heavy atom. The Bertz CT molecular complexity index is 559. The number of furan rings is 1. The summed E-state index contributed by atoms with van der Waals surface area (Å²) in [6, 6.07) is 2.16. The molecule has 2 heterocycles. The lowest BCUT2D eigenvalue weighted by Crippen LogP contribution is -2.35. The van der Waals surface area contributed by atoms with Gasteiger partial charge in [-0.2, -0.15) is 4.98 Å². The maximum atomic E-state index is 5.53. The van der Waals surface area contributed by atoms with Gasteiger partial charge in [0.05, 0.1) is 17.7 Å². The molecular weight excluding hydrogens is 266 g/mol. The van der Waals surface area contributed by atoms with E-state index < -0.39 is 0 Å². The van der Waals surface area contributed by atoms with Crippen LogP contribution in [0.15, 0.2) is 21.3 Å². The van der Waals surface area contributed by atoms with Gasteiger partial charge >= 0.3 is 0 Å². The van der Waals surface area contributed by atoms with Crippen molar-refractivity contribution in [3.8, 4) is 11.4 Å². The van der Waals surface area contributed by atoms with E-state index in [0.29, 0.717) is 23.7 Å². The molecule has 2 unspecified atom stereocenters. The molecular formula is C16H25N3O2. The highest BCUT2D eigenvalue weighted by Gasteiger charge is 2.28. The first kappa shape index (κ1) is 15.8. The molecule has 2 aromatic rings. The molecule has 2 atom stereocenters. The Kier molecular flexibility index (Phi) is 5.17. The molecule has 0 aliphatic heterocycles. The number of aryl methyl sites for hydroxylation is 1. The summed E-state index contributed by atoms with van der Waals surface area (Å²) in [7, 11) is 0. The van der Waals surface area contributed by atoms with E-state index in [1.807, 2.05) is 13.0 Å². The van der Waals surface area contributed by atoms with Crippen LogP contribution in [0.4, 0.5) is 0 Å². The number of nitrogens with zero attached hydrogens (tertiary/aromatic N) is 2. The third-order valence-corrected chi connectivity index (χ3v) is 3.80. The van der Waals surface area contributed by atoms with Crippen molar-refractivity contribution in [2.45, 2.75) is 53.0 Å². The maximum absolute atomic E-state index is 5.53. The predicted molar refractivity (Wildman–Crippen MR) is 82.1 cm³/mol. The summed E-state index contributed by atoms with van der Waals surface area (Å²) in [5.41, 5.74) is 0.890. The summed E-state index contributed by atoms with van der Waals surface area (Å²) >= 11 is 0. The topological polar surface area (TPSA) is 64.1 Å². The molecule has 2 aromatic heterocycles. The summed E-state index contributed by atoms with van der Waals surface area (Å²) in [6.07, 6.45) is 2.75. The molecule has 0 fully saturated rings. The molecule has 5 heteroatoms. The highest BCUT2D eigenvalue weighted by molar-refractivity contribution is 5.56. The molecule has 0 radical (unpaired) electrons. The average molecular weight is 291 g/mol. The first-order valence-electron chi connectivity index (χ1n) is 7.66. The summed E-state index contributed by atoms with van der Waals surface area (Å²) in [6.45, 7) is 11.6. The summed E-state index contributed by atoms with van der Waals surface area (Å²) in [4.78, 5) is 4.59. The van der Waals surface area contributed by atoms with Crippen molar-refractivity contribution in [1.29, 1.82) is 0 Å². The third-order valence-electron chi connectivity index (χ3n) is 3.80. The predicted octanol–water partition coefficient (Wildman–Crippen LogP) is 3.77. The highest BCUT2D eigenvalue weighted by atomic mass is 16.5. The van der Waals surface area contributed by atoms with Crippen LogP contribution in [0.25, 0.3) is 11.4 Å². The first-order valence-corrected chi connectivity index (χ1v) is 7.66. The van der Waals surface area contributed by atoms with Crippen LogP contribution in [-0.4, -0.2) is 22.7 Å². The molecule has 1 N–H and O–H groups in total. The Hall–Kier alpha value is -1.62. The lowest BCUT2D eigenvalue weighted by Gasteiger charge is -2.24. The SMILES string of the molecule is CCCNC(C)C(c1nc(-c2ccoc2C)no1)C(C)C. The third kappa shape index (κ3) is 3.53. The van der Waals surface area contributed by atoms with Gasteiger partial charge in [-0.25, -0.2) is 0 Å². The van der Waals surface area contributed by atoms with Crippen molar-refractivity contribution in [1.82, 2.24) is 15.5 Å². The van der Waals surface area contributed by atoms with Crippen molar-refractivity contribution < 1.29 is 8.94 Å². The molecule has 0 aromatic carbocycles. The smallest absolute Gasteiger partial charge is 0.231 e. The van der Waals surface area contributed by atoms with Crippen LogP contribution >= 0.6 is 0 Å². The second kappa shape index (κ2) is 6.89. The van der Waals surface area contributed by atoms with Crippen LogP contribution in [0.3, 0.4) is 0 Å². The zero-order valence-corrected chi connectivity index (χ0v) is 13.5. The molecule has 0 aliphatic carbocycles. The molecule has 0 aliphatic rings. The van der Waals surface area contributed by atoms with E-state index in [0.717, 1.165) is 24.3 Å². The van der Waals surface area contributed by atoms with E-state index >= 15 is 0 Å². The van der Waals surface area contributed by atoms with Crippen molar-refractivity contribution in [2.24, 2.45) is 5.92 Å². The number of hydrogen-bond donors (Lipinski definition) is 1. The summed E-state index contributed by atoms with van der Waals surface area (Å²) in [5.74, 6) is 2.72. The molecule has 0 amide bonds. The standard InChI is InChI=1S/C16H25N3O2/c1-6-8-17-11(4)14(10(2)3)16-18-15(19-21-16)13-7-9-20-12(13)5/h7,9-11,14,17H,6,8H2,1-5H3. The molecule has 2 rings (SSSR count). The zero-order valence-electron chi connectivity index (χ0n) is 13.5. The van der Waals surface area contributed by atoms with Gasteiger partial charge in [0.1, 0.15) is 5.76 Å². The molecule has 0 bridgehead atoms. The molecule has 116 valence electrons. The van der Waals surface area contributed by atoms with Gasteiger partial charge in [-0.05, 0) is 38.8 Å². The molecule has 0 saturated heterocycles. The van der Waals surface area contributed by atoms with Crippen molar-refractivity contribution in [3.63, 3.8) is 0 Å². The van der Waals surface area contributed by atoms with E-state index in [1.165, 1.54) is 0 Å². The fraction of sp³-hybridized carbons (Fsp3) is 0.625. The van der Waals surface area contributed by atoms with Crippen LogP contribution in [0.5, 0.6) is 0 Å². The Morgan fingerprint density at radius 3 is 2.62 bits per heavy atom. The minimum atomic E-state index is 0.199. The largest absolute Gasteiger partial charge is 0.469 e. The van der Waals surface area contributed by atoms with Crippen LogP contribution in [0.1, 0.15) is 51.7 Å². The normalized spacial score (nSPS) is 14.6. The number of hydrogen-bond acceptors (Lipinski definition) is 5. The first-order chi connectivity index (χ1) is 10.0. The summed E-state index contributed by atoms with van der Waals surface area (Å²) in [5, 5.41) is 7.63. The zero-order chi connectivity index (χ0) is 15.4. The number of aromatic nitrogens is 2. The Balaban J connectivity index is 2.22. The second-order valence-electron chi connectivity index (χ2n) is 5.86. The fourth-order valence-corrected chi connectivity index (χ4v) is 2.67. The van der Waals surface area contributed by atoms with Crippen molar-refractivity contribution in [3.05, 3.63) is 24.0 Å². The maximum Gasteiger partial charge on any atom is 0.231 e. The summed E-state index contributed by atoms with van der Waals surface area (Å²) < 4.78 is 10.8. The second-order valence-corrected chi connectivity index (χ2v) is 5.86. The van der Waals surface area contributed by atoms with E-state index in [9.17, 15) is 0 Å². The van der Waals surface area contributed by atoms with Gasteiger partial charge < -0.3 is 14.3 Å². The van der Waals surface area contributed by atoms with E-state index in [4.69, 9.17) is 8.94 Å². The van der Waals surface area contributed by atoms with E-state index in [-0.39, 0.29) is 5.92 Å². The van der Waals surface area contributed by atoms with Gasteiger partial charge in [0.15, 0.2) is 0 Å². The number of nitrogens with one attached hydrogen (secondary N) is 1. The van der Waals surface area contributed by atoms with E-state index in [1.54, 1.807) is 6.26 Å². The minimum absolute atomic E-state index is 0.199. The average Bonchev–Trinajstić information content (AvgIpc) is 3.05. The minimum Gasteiger partial charge on any atom is -0.469 e. The van der Waals surface area contributed by atoms with Gasteiger partial charge in [-0.15, -0.1) is 0 Å². The van der Waals surface area contributed by atoms with Crippen LogP contribution in [0.2, 0.25) is 0 Å². The van der Waals surface area contributed by atoms with Gasteiger partial charge in [0.25, 0.3) is 0 Å². The molecule has 0 spiro atoms. The fourth-order valence-electron chi connectivity index (χ4n) is 2.67. The Labute approximate surface area is 126 Å². The van der Waals surface area contributed by atoms with Gasteiger partial charge in [0.2, 0.25) is 11.7 Å². The monoisotopic (exact) mass is 291 g/mol. The molecule has 21 heavy (non-hydrogen) atoms. The van der Waals surface area contributed by atoms with Gasteiger partial charge in [0, 0.05) is 6.04 Å². The van der Waals surface area contributed by atoms with Crippen molar-refractivity contribution in [2.75, 3.05) is 6.54 Å². The Morgan fingerprint density at radius 2 is 2.05 bits per heavy atom.